The molecule has 1 N–H and O–H groups in total. The summed E-state index contributed by atoms with van der Waals surface area (Å²) in [6.45, 7) is 6.43. The van der Waals surface area contributed by atoms with Gasteiger partial charge in [0.1, 0.15) is 0 Å². The molecule has 0 amide bonds. The van der Waals surface area contributed by atoms with Crippen LogP contribution in [0.25, 0.3) is 0 Å². The Morgan fingerprint density at radius 1 is 1.21 bits per heavy atom. The molecule has 0 aliphatic carbocycles. The first-order valence-corrected chi connectivity index (χ1v) is 8.49. The standard InChI is InChI=1S/C14H22ClNO2S/c1-4-16-19(17,18)14-7-5-12(6-8-14)10-13(15)9-11(2)3/h5-8,11,13,16H,4,9-10H2,1-3H3. The summed E-state index contributed by atoms with van der Waals surface area (Å²) >= 11 is 6.26. The number of sulfonamides is 1. The van der Waals surface area contributed by atoms with Crippen LogP contribution < -0.4 is 4.72 Å². The molecule has 108 valence electrons. The van der Waals surface area contributed by atoms with Crippen LogP contribution in [-0.2, 0) is 16.4 Å². The Morgan fingerprint density at radius 3 is 2.26 bits per heavy atom. The van der Waals surface area contributed by atoms with Crippen molar-refractivity contribution in [1.29, 1.82) is 0 Å². The Morgan fingerprint density at radius 2 is 1.79 bits per heavy atom. The highest BCUT2D eigenvalue weighted by Gasteiger charge is 2.13. The maximum Gasteiger partial charge on any atom is 0.240 e. The van der Waals surface area contributed by atoms with Gasteiger partial charge >= 0.3 is 0 Å². The summed E-state index contributed by atoms with van der Waals surface area (Å²) < 4.78 is 26.0. The van der Waals surface area contributed by atoms with Crippen molar-refractivity contribution < 1.29 is 8.42 Å². The van der Waals surface area contributed by atoms with E-state index >= 15 is 0 Å². The number of halogens is 1. The maximum absolute atomic E-state index is 11.8. The molecule has 0 saturated heterocycles. The molecule has 1 rings (SSSR count). The molecule has 19 heavy (non-hydrogen) atoms. The molecule has 1 atom stereocenters. The van der Waals surface area contributed by atoms with E-state index in [4.69, 9.17) is 11.6 Å². The lowest BCUT2D eigenvalue weighted by Gasteiger charge is -2.12. The molecule has 1 unspecified atom stereocenters. The van der Waals surface area contributed by atoms with Crippen LogP contribution >= 0.6 is 11.6 Å². The number of hydrogen-bond donors (Lipinski definition) is 1. The summed E-state index contributed by atoms with van der Waals surface area (Å²) in [6.07, 6.45) is 1.72. The van der Waals surface area contributed by atoms with Gasteiger partial charge in [-0.25, -0.2) is 13.1 Å². The second-order valence-electron chi connectivity index (χ2n) is 5.08. The Labute approximate surface area is 121 Å². The molecule has 0 saturated carbocycles. The van der Waals surface area contributed by atoms with Gasteiger partial charge in [0.25, 0.3) is 0 Å². The molecular formula is C14H22ClNO2S. The second-order valence-corrected chi connectivity index (χ2v) is 7.46. The quantitative estimate of drug-likeness (QED) is 0.786. The molecule has 3 nitrogen and oxygen atoms in total. The fraction of sp³-hybridized carbons (Fsp3) is 0.571. The van der Waals surface area contributed by atoms with E-state index in [2.05, 4.69) is 18.6 Å². The normalized spacial score (nSPS) is 13.7. The van der Waals surface area contributed by atoms with E-state index < -0.39 is 10.0 Å². The van der Waals surface area contributed by atoms with E-state index in [9.17, 15) is 8.42 Å². The molecule has 0 spiro atoms. The van der Waals surface area contributed by atoms with Crippen molar-refractivity contribution in [2.75, 3.05) is 6.54 Å². The highest BCUT2D eigenvalue weighted by Crippen LogP contribution is 2.17. The Kier molecular flexibility index (Phi) is 6.30. The first kappa shape index (κ1) is 16.5. The Balaban J connectivity index is 2.72. The zero-order valence-electron chi connectivity index (χ0n) is 11.7. The predicted molar refractivity (Wildman–Crippen MR) is 80.1 cm³/mol. The van der Waals surface area contributed by atoms with Crippen LogP contribution in [0, 0.1) is 5.92 Å². The molecule has 5 heteroatoms. The van der Waals surface area contributed by atoms with Crippen molar-refractivity contribution in [3.8, 4) is 0 Å². The lowest BCUT2D eigenvalue weighted by molar-refractivity contribution is 0.561. The number of alkyl halides is 1. The molecule has 0 aliphatic heterocycles. The summed E-state index contributed by atoms with van der Waals surface area (Å²) in [4.78, 5) is 0.299. The molecule has 0 heterocycles. The summed E-state index contributed by atoms with van der Waals surface area (Å²) in [6, 6.07) is 6.93. The van der Waals surface area contributed by atoms with Crippen LogP contribution in [0.5, 0.6) is 0 Å². The second kappa shape index (κ2) is 7.27. The molecule has 0 fully saturated rings. The van der Waals surface area contributed by atoms with E-state index in [-0.39, 0.29) is 5.38 Å². The number of rotatable bonds is 7. The number of nitrogens with one attached hydrogen (secondary N) is 1. The average Bonchev–Trinajstić information content (AvgIpc) is 2.28. The minimum Gasteiger partial charge on any atom is -0.211 e. The minimum atomic E-state index is -3.36. The van der Waals surface area contributed by atoms with Crippen LogP contribution in [0.15, 0.2) is 29.2 Å². The van der Waals surface area contributed by atoms with Crippen LogP contribution in [0.1, 0.15) is 32.8 Å². The van der Waals surface area contributed by atoms with Gasteiger partial charge in [-0.2, -0.15) is 0 Å². The molecule has 1 aromatic carbocycles. The Bertz CT molecular complexity index is 483. The van der Waals surface area contributed by atoms with Gasteiger partial charge in [-0.05, 0) is 36.5 Å². The van der Waals surface area contributed by atoms with E-state index in [0.29, 0.717) is 17.4 Å². The van der Waals surface area contributed by atoms with Crippen molar-refractivity contribution in [1.82, 2.24) is 4.72 Å². The molecule has 0 aliphatic rings. The highest BCUT2D eigenvalue weighted by molar-refractivity contribution is 7.89. The van der Waals surface area contributed by atoms with Crippen molar-refractivity contribution in [2.24, 2.45) is 5.92 Å². The van der Waals surface area contributed by atoms with Gasteiger partial charge in [0.2, 0.25) is 10.0 Å². The molecular weight excluding hydrogens is 282 g/mol. The van der Waals surface area contributed by atoms with Crippen LogP contribution in [0.2, 0.25) is 0 Å². The first-order valence-electron chi connectivity index (χ1n) is 6.57. The Hall–Kier alpha value is -0.580. The van der Waals surface area contributed by atoms with Gasteiger partial charge in [0.05, 0.1) is 4.90 Å². The van der Waals surface area contributed by atoms with Gasteiger partial charge < -0.3 is 0 Å². The van der Waals surface area contributed by atoms with Crippen LogP contribution in [0.3, 0.4) is 0 Å². The van der Waals surface area contributed by atoms with Crippen molar-refractivity contribution in [3.63, 3.8) is 0 Å². The van der Waals surface area contributed by atoms with E-state index in [1.165, 1.54) is 0 Å². The summed E-state index contributed by atoms with van der Waals surface area (Å²) in [5, 5.41) is 0.0937. The summed E-state index contributed by atoms with van der Waals surface area (Å²) in [5.74, 6) is 0.566. The molecule has 0 aromatic heterocycles. The topological polar surface area (TPSA) is 46.2 Å². The lowest BCUT2D eigenvalue weighted by Crippen LogP contribution is -2.23. The smallest absolute Gasteiger partial charge is 0.211 e. The SMILES string of the molecule is CCNS(=O)(=O)c1ccc(CC(Cl)CC(C)C)cc1. The van der Waals surface area contributed by atoms with Gasteiger partial charge in [-0.1, -0.05) is 32.9 Å². The van der Waals surface area contributed by atoms with Crippen molar-refractivity contribution in [2.45, 2.75) is 43.9 Å². The largest absolute Gasteiger partial charge is 0.240 e. The van der Waals surface area contributed by atoms with Gasteiger partial charge in [0, 0.05) is 11.9 Å². The van der Waals surface area contributed by atoms with Gasteiger partial charge in [-0.3, -0.25) is 0 Å². The van der Waals surface area contributed by atoms with Crippen molar-refractivity contribution >= 4 is 21.6 Å². The van der Waals surface area contributed by atoms with E-state index in [0.717, 1.165) is 18.4 Å². The number of hydrogen-bond acceptors (Lipinski definition) is 2. The summed E-state index contributed by atoms with van der Waals surface area (Å²) in [5.41, 5.74) is 1.07. The van der Waals surface area contributed by atoms with Gasteiger partial charge in [-0.15, -0.1) is 11.6 Å². The zero-order valence-corrected chi connectivity index (χ0v) is 13.3. The zero-order chi connectivity index (χ0) is 14.5. The molecule has 1 aromatic rings. The fourth-order valence-electron chi connectivity index (χ4n) is 1.93. The van der Waals surface area contributed by atoms with Crippen LogP contribution in [-0.4, -0.2) is 20.3 Å². The first-order chi connectivity index (χ1) is 8.85. The maximum atomic E-state index is 11.8. The van der Waals surface area contributed by atoms with Gasteiger partial charge in [0.15, 0.2) is 0 Å². The monoisotopic (exact) mass is 303 g/mol. The molecule has 0 radical (unpaired) electrons. The summed E-state index contributed by atoms with van der Waals surface area (Å²) in [7, 11) is -3.36. The van der Waals surface area contributed by atoms with Crippen molar-refractivity contribution in [3.05, 3.63) is 29.8 Å². The van der Waals surface area contributed by atoms with E-state index in [1.807, 2.05) is 12.1 Å². The van der Waals surface area contributed by atoms with E-state index in [1.54, 1.807) is 19.1 Å². The third-order valence-electron chi connectivity index (χ3n) is 2.75. The third-order valence-corrected chi connectivity index (χ3v) is 4.65. The number of benzene rings is 1. The highest BCUT2D eigenvalue weighted by atomic mass is 35.5. The third kappa shape index (κ3) is 5.51. The molecule has 0 bridgehead atoms. The minimum absolute atomic E-state index is 0.0937. The average molecular weight is 304 g/mol. The predicted octanol–water partition coefficient (Wildman–Crippen LogP) is 3.18. The van der Waals surface area contributed by atoms with Crippen LogP contribution in [0.4, 0.5) is 0 Å². The lowest BCUT2D eigenvalue weighted by atomic mass is 10.0. The fourth-order valence-corrected chi connectivity index (χ4v) is 3.50.